The van der Waals surface area contributed by atoms with Gasteiger partial charge in [-0.15, -0.1) is 0 Å². The molecule has 1 aliphatic rings. The Kier molecular flexibility index (Phi) is 5.33. The zero-order valence-corrected chi connectivity index (χ0v) is 16.6. The average molecular weight is 438 g/mol. The predicted molar refractivity (Wildman–Crippen MR) is 108 cm³/mol. The van der Waals surface area contributed by atoms with Crippen molar-refractivity contribution in [1.29, 1.82) is 0 Å². The lowest BCUT2D eigenvalue weighted by molar-refractivity contribution is -0.137. The topological polar surface area (TPSA) is 66.9 Å². The second-order valence-corrected chi connectivity index (χ2v) is 7.62. The summed E-state index contributed by atoms with van der Waals surface area (Å²) < 4.78 is 40.3. The maximum atomic E-state index is 13.0. The fraction of sp³-hybridized carbons (Fsp3) is 0.300. The third-order valence-electron chi connectivity index (χ3n) is 5.16. The minimum atomic E-state index is -4.46. The maximum absolute atomic E-state index is 13.0. The molecular formula is C20H19ClF3N5O. The molecule has 1 aromatic carbocycles. The summed E-state index contributed by atoms with van der Waals surface area (Å²) in [5.74, 6) is -0.457. The normalized spacial score (nSPS) is 15.7. The Labute approximate surface area is 175 Å². The number of carbonyl (C=O) groups excluding carboxylic acids is 1. The number of pyridine rings is 1. The minimum absolute atomic E-state index is 0.0275. The second kappa shape index (κ2) is 7.81. The lowest BCUT2D eigenvalue weighted by Crippen LogP contribution is -2.46. The number of piperazine rings is 1. The van der Waals surface area contributed by atoms with Crippen LogP contribution in [0, 0.1) is 0 Å². The minimum Gasteiger partial charge on any atom is -0.369 e. The van der Waals surface area contributed by atoms with Crippen molar-refractivity contribution in [1.82, 2.24) is 14.3 Å². The molecule has 0 spiro atoms. The van der Waals surface area contributed by atoms with Gasteiger partial charge in [-0.05, 0) is 30.3 Å². The number of imidazole rings is 1. The molecule has 4 rings (SSSR count). The van der Waals surface area contributed by atoms with E-state index in [0.29, 0.717) is 23.4 Å². The highest BCUT2D eigenvalue weighted by Gasteiger charge is 2.32. The number of carbonyl (C=O) groups is 1. The third-order valence-corrected chi connectivity index (χ3v) is 5.44. The molecule has 1 amide bonds. The van der Waals surface area contributed by atoms with Gasteiger partial charge < -0.3 is 15.0 Å². The van der Waals surface area contributed by atoms with E-state index in [9.17, 15) is 18.0 Å². The molecule has 10 heteroatoms. The summed E-state index contributed by atoms with van der Waals surface area (Å²) in [6.45, 7) is 3.62. The standard InChI is InChI=1S/C20H19ClF3N5O/c21-17-9-14(20(22,23)24)10-29-12-15(26-19(17)29)11-27-5-7-28(8-6-27)16-3-1-13(2-4-16)18(25)30/h1-4,9-10,12H,5-8,11H2,(H2,25,30). The van der Waals surface area contributed by atoms with Crippen molar-refractivity contribution in [2.75, 3.05) is 31.1 Å². The number of nitrogens with zero attached hydrogens (tertiary/aromatic N) is 4. The van der Waals surface area contributed by atoms with Gasteiger partial charge in [-0.2, -0.15) is 13.2 Å². The van der Waals surface area contributed by atoms with Crippen LogP contribution in [0.4, 0.5) is 18.9 Å². The van der Waals surface area contributed by atoms with E-state index in [1.54, 1.807) is 18.3 Å². The van der Waals surface area contributed by atoms with Crippen molar-refractivity contribution in [3.05, 3.63) is 64.6 Å². The molecular weight excluding hydrogens is 419 g/mol. The number of rotatable bonds is 4. The van der Waals surface area contributed by atoms with E-state index in [1.807, 2.05) is 12.1 Å². The maximum Gasteiger partial charge on any atom is 0.417 e. The van der Waals surface area contributed by atoms with Crippen LogP contribution in [-0.4, -0.2) is 46.4 Å². The highest BCUT2D eigenvalue weighted by Crippen LogP contribution is 2.32. The van der Waals surface area contributed by atoms with Gasteiger partial charge >= 0.3 is 6.18 Å². The smallest absolute Gasteiger partial charge is 0.369 e. The van der Waals surface area contributed by atoms with Crippen molar-refractivity contribution >= 4 is 28.8 Å². The lowest BCUT2D eigenvalue weighted by Gasteiger charge is -2.35. The molecule has 3 aromatic rings. The van der Waals surface area contributed by atoms with Crippen LogP contribution in [0.15, 0.2) is 42.7 Å². The Morgan fingerprint density at radius 3 is 2.37 bits per heavy atom. The number of anilines is 1. The Balaban J connectivity index is 1.42. The Bertz CT molecular complexity index is 1070. The first-order valence-corrected chi connectivity index (χ1v) is 9.70. The molecule has 3 heterocycles. The van der Waals surface area contributed by atoms with Crippen LogP contribution in [0.5, 0.6) is 0 Å². The molecule has 2 aromatic heterocycles. The lowest BCUT2D eigenvalue weighted by atomic mass is 10.1. The second-order valence-electron chi connectivity index (χ2n) is 7.21. The molecule has 1 saturated heterocycles. The number of benzene rings is 1. The van der Waals surface area contributed by atoms with E-state index in [-0.39, 0.29) is 5.02 Å². The summed E-state index contributed by atoms with van der Waals surface area (Å²) in [6, 6.07) is 8.06. The van der Waals surface area contributed by atoms with E-state index in [0.717, 1.165) is 44.1 Å². The first kappa shape index (κ1) is 20.5. The van der Waals surface area contributed by atoms with Crippen molar-refractivity contribution in [3.63, 3.8) is 0 Å². The number of nitrogens with two attached hydrogens (primary N) is 1. The highest BCUT2D eigenvalue weighted by molar-refractivity contribution is 6.33. The summed E-state index contributed by atoms with van der Waals surface area (Å²) >= 11 is 6.01. The number of halogens is 4. The SMILES string of the molecule is NC(=O)c1ccc(N2CCN(Cc3cn4cc(C(F)(F)F)cc(Cl)c4n3)CC2)cc1. The largest absolute Gasteiger partial charge is 0.417 e. The van der Waals surface area contributed by atoms with Gasteiger partial charge in [-0.25, -0.2) is 4.98 Å². The van der Waals surface area contributed by atoms with Gasteiger partial charge in [0.2, 0.25) is 5.91 Å². The van der Waals surface area contributed by atoms with Crippen molar-refractivity contribution in [3.8, 4) is 0 Å². The molecule has 0 aliphatic carbocycles. The van der Waals surface area contributed by atoms with E-state index in [4.69, 9.17) is 17.3 Å². The number of aromatic nitrogens is 2. The molecule has 2 N–H and O–H groups in total. The van der Waals surface area contributed by atoms with Crippen LogP contribution in [0.2, 0.25) is 5.02 Å². The van der Waals surface area contributed by atoms with E-state index in [1.165, 1.54) is 4.40 Å². The molecule has 0 saturated carbocycles. The number of primary amides is 1. The van der Waals surface area contributed by atoms with Gasteiger partial charge in [0.05, 0.1) is 16.3 Å². The number of fused-ring (bicyclic) bond motifs is 1. The summed E-state index contributed by atoms with van der Waals surface area (Å²) in [4.78, 5) is 20.0. The molecule has 0 bridgehead atoms. The summed E-state index contributed by atoms with van der Waals surface area (Å²) in [5, 5.41) is -0.0275. The molecule has 0 atom stereocenters. The van der Waals surface area contributed by atoms with Crippen LogP contribution in [0.1, 0.15) is 21.6 Å². The average Bonchev–Trinajstić information content (AvgIpc) is 3.11. The molecule has 6 nitrogen and oxygen atoms in total. The fourth-order valence-electron chi connectivity index (χ4n) is 3.57. The Morgan fingerprint density at radius 1 is 1.10 bits per heavy atom. The summed E-state index contributed by atoms with van der Waals surface area (Å²) in [6.07, 6.45) is -1.87. The first-order chi connectivity index (χ1) is 14.2. The number of hydrogen-bond donors (Lipinski definition) is 1. The fourth-order valence-corrected chi connectivity index (χ4v) is 3.83. The Hall–Kier alpha value is -2.78. The van der Waals surface area contributed by atoms with Crippen molar-refractivity contribution in [2.24, 2.45) is 5.73 Å². The predicted octanol–water partition coefficient (Wildman–Crippen LogP) is 3.43. The van der Waals surface area contributed by atoms with Crippen LogP contribution in [0.25, 0.3) is 5.65 Å². The van der Waals surface area contributed by atoms with E-state index >= 15 is 0 Å². The monoisotopic (exact) mass is 437 g/mol. The van der Waals surface area contributed by atoms with Gasteiger partial charge in [0.25, 0.3) is 0 Å². The molecule has 0 radical (unpaired) electrons. The van der Waals surface area contributed by atoms with Gasteiger partial charge in [0.1, 0.15) is 0 Å². The third kappa shape index (κ3) is 4.22. The van der Waals surface area contributed by atoms with Crippen LogP contribution >= 0.6 is 11.6 Å². The molecule has 1 fully saturated rings. The summed E-state index contributed by atoms with van der Waals surface area (Å²) in [7, 11) is 0. The molecule has 30 heavy (non-hydrogen) atoms. The number of hydrogen-bond acceptors (Lipinski definition) is 4. The Morgan fingerprint density at radius 2 is 1.77 bits per heavy atom. The molecule has 158 valence electrons. The van der Waals surface area contributed by atoms with Crippen LogP contribution in [0.3, 0.4) is 0 Å². The van der Waals surface area contributed by atoms with Crippen molar-refractivity contribution in [2.45, 2.75) is 12.7 Å². The number of amides is 1. The van der Waals surface area contributed by atoms with Crippen LogP contribution < -0.4 is 10.6 Å². The zero-order chi connectivity index (χ0) is 21.5. The van der Waals surface area contributed by atoms with Crippen LogP contribution in [-0.2, 0) is 12.7 Å². The van der Waals surface area contributed by atoms with Gasteiger partial charge in [-0.3, -0.25) is 9.69 Å². The summed E-state index contributed by atoms with van der Waals surface area (Å²) in [5.41, 5.74) is 6.92. The van der Waals surface area contributed by atoms with E-state index in [2.05, 4.69) is 14.8 Å². The first-order valence-electron chi connectivity index (χ1n) is 9.32. The zero-order valence-electron chi connectivity index (χ0n) is 15.9. The van der Waals surface area contributed by atoms with Crippen molar-refractivity contribution < 1.29 is 18.0 Å². The van der Waals surface area contributed by atoms with Gasteiger partial charge in [0, 0.05) is 56.4 Å². The highest BCUT2D eigenvalue weighted by atomic mass is 35.5. The van der Waals surface area contributed by atoms with Gasteiger partial charge in [0.15, 0.2) is 5.65 Å². The van der Waals surface area contributed by atoms with E-state index < -0.39 is 17.6 Å². The van der Waals surface area contributed by atoms with Gasteiger partial charge in [-0.1, -0.05) is 11.6 Å². The molecule has 0 unspecified atom stereocenters. The molecule has 1 aliphatic heterocycles. The quantitative estimate of drug-likeness (QED) is 0.679. The number of alkyl halides is 3.